The minimum absolute atomic E-state index is 0.190. The van der Waals surface area contributed by atoms with Crippen molar-refractivity contribution < 1.29 is 14.6 Å². The minimum Gasteiger partial charge on any atom is -0.444 e. The molecule has 0 spiro atoms. The van der Waals surface area contributed by atoms with Crippen LogP contribution in [0.25, 0.3) is 0 Å². The van der Waals surface area contributed by atoms with Gasteiger partial charge < -0.3 is 20.5 Å². The molecule has 0 saturated carbocycles. The van der Waals surface area contributed by atoms with Gasteiger partial charge in [-0.05, 0) is 27.8 Å². The first-order chi connectivity index (χ1) is 6.35. The quantitative estimate of drug-likeness (QED) is 0.607. The predicted octanol–water partition coefficient (Wildman–Crippen LogP) is 0.0914. The molecule has 0 aliphatic heterocycles. The monoisotopic (exact) mass is 204 g/mol. The van der Waals surface area contributed by atoms with Crippen LogP contribution in [0.5, 0.6) is 0 Å². The highest BCUT2D eigenvalue weighted by atomic mass is 16.6. The maximum Gasteiger partial charge on any atom is 0.407 e. The van der Waals surface area contributed by atoms with E-state index < -0.39 is 17.8 Å². The highest BCUT2D eigenvalue weighted by Crippen LogP contribution is 2.06. The number of hydrogen-bond donors (Lipinski definition) is 3. The largest absolute Gasteiger partial charge is 0.444 e. The SMILES string of the molecule is CNC[C@@H](O)CNC(=O)OC(C)(C)C. The first kappa shape index (κ1) is 13.2. The van der Waals surface area contributed by atoms with E-state index in [1.54, 1.807) is 27.8 Å². The van der Waals surface area contributed by atoms with Crippen LogP contribution in [0.2, 0.25) is 0 Å². The number of amides is 1. The topological polar surface area (TPSA) is 70.6 Å². The Bertz CT molecular complexity index is 177. The lowest BCUT2D eigenvalue weighted by molar-refractivity contribution is 0.0492. The van der Waals surface area contributed by atoms with Crippen LogP contribution in [-0.2, 0) is 4.74 Å². The van der Waals surface area contributed by atoms with Crippen LogP contribution < -0.4 is 10.6 Å². The van der Waals surface area contributed by atoms with E-state index in [9.17, 15) is 9.90 Å². The summed E-state index contributed by atoms with van der Waals surface area (Å²) in [5, 5.41) is 14.5. The van der Waals surface area contributed by atoms with Gasteiger partial charge in [0.05, 0.1) is 6.10 Å². The van der Waals surface area contributed by atoms with Gasteiger partial charge in [-0.2, -0.15) is 0 Å². The fourth-order valence-corrected chi connectivity index (χ4v) is 0.823. The van der Waals surface area contributed by atoms with Crippen molar-refractivity contribution in [3.05, 3.63) is 0 Å². The third-order valence-electron chi connectivity index (χ3n) is 1.32. The second kappa shape index (κ2) is 5.82. The summed E-state index contributed by atoms with van der Waals surface area (Å²) in [6.07, 6.45) is -1.10. The predicted molar refractivity (Wildman–Crippen MR) is 54.2 cm³/mol. The molecule has 0 unspecified atom stereocenters. The van der Waals surface area contributed by atoms with Crippen LogP contribution in [0.1, 0.15) is 20.8 Å². The first-order valence-corrected chi connectivity index (χ1v) is 4.64. The molecule has 0 rings (SSSR count). The lowest BCUT2D eigenvalue weighted by Gasteiger charge is -2.20. The number of carbonyl (C=O) groups is 1. The molecule has 0 saturated heterocycles. The smallest absolute Gasteiger partial charge is 0.407 e. The van der Waals surface area contributed by atoms with Gasteiger partial charge in [0.1, 0.15) is 5.60 Å². The van der Waals surface area contributed by atoms with Crippen LogP contribution in [0.15, 0.2) is 0 Å². The zero-order chi connectivity index (χ0) is 11.2. The molecule has 0 bridgehead atoms. The third-order valence-corrected chi connectivity index (χ3v) is 1.32. The van der Waals surface area contributed by atoms with Gasteiger partial charge in [-0.25, -0.2) is 4.79 Å². The van der Waals surface area contributed by atoms with Gasteiger partial charge in [-0.15, -0.1) is 0 Å². The summed E-state index contributed by atoms with van der Waals surface area (Å²) < 4.78 is 4.98. The van der Waals surface area contributed by atoms with Crippen molar-refractivity contribution in [3.8, 4) is 0 Å². The average Bonchev–Trinajstić information content (AvgIpc) is 1.98. The maximum atomic E-state index is 11.1. The first-order valence-electron chi connectivity index (χ1n) is 4.64. The van der Waals surface area contributed by atoms with Crippen molar-refractivity contribution in [3.63, 3.8) is 0 Å². The van der Waals surface area contributed by atoms with Crippen LogP contribution in [0.3, 0.4) is 0 Å². The number of likely N-dealkylation sites (N-methyl/N-ethyl adjacent to an activating group) is 1. The number of aliphatic hydroxyl groups excluding tert-OH is 1. The van der Waals surface area contributed by atoms with Crippen molar-refractivity contribution >= 4 is 6.09 Å². The van der Waals surface area contributed by atoms with Crippen molar-refractivity contribution in [1.29, 1.82) is 0 Å². The molecule has 0 heterocycles. The van der Waals surface area contributed by atoms with Gasteiger partial charge in [0, 0.05) is 13.1 Å². The van der Waals surface area contributed by atoms with Gasteiger partial charge >= 0.3 is 6.09 Å². The van der Waals surface area contributed by atoms with Crippen molar-refractivity contribution in [2.24, 2.45) is 0 Å². The Morgan fingerprint density at radius 3 is 2.43 bits per heavy atom. The van der Waals surface area contributed by atoms with Crippen LogP contribution >= 0.6 is 0 Å². The van der Waals surface area contributed by atoms with Gasteiger partial charge in [0.25, 0.3) is 0 Å². The Balaban J connectivity index is 3.64. The van der Waals surface area contributed by atoms with E-state index in [0.717, 1.165) is 0 Å². The van der Waals surface area contributed by atoms with Gasteiger partial charge in [-0.1, -0.05) is 0 Å². The van der Waals surface area contributed by atoms with E-state index in [2.05, 4.69) is 10.6 Å². The fraction of sp³-hybridized carbons (Fsp3) is 0.889. The van der Waals surface area contributed by atoms with E-state index in [1.807, 2.05) is 0 Å². The molecule has 14 heavy (non-hydrogen) atoms. The summed E-state index contributed by atoms with van der Waals surface area (Å²) >= 11 is 0. The van der Waals surface area contributed by atoms with Crippen molar-refractivity contribution in [1.82, 2.24) is 10.6 Å². The van der Waals surface area contributed by atoms with Crippen molar-refractivity contribution in [2.45, 2.75) is 32.5 Å². The van der Waals surface area contributed by atoms with Gasteiger partial charge in [-0.3, -0.25) is 0 Å². The number of aliphatic hydroxyl groups is 1. The number of alkyl carbamates (subject to hydrolysis) is 1. The molecule has 1 atom stereocenters. The third kappa shape index (κ3) is 7.82. The molecular formula is C9H20N2O3. The summed E-state index contributed by atoms with van der Waals surface area (Å²) in [6.45, 7) is 6.00. The normalized spacial score (nSPS) is 13.5. The number of rotatable bonds is 4. The second-order valence-corrected chi connectivity index (χ2v) is 4.09. The summed E-state index contributed by atoms with van der Waals surface area (Å²) in [7, 11) is 1.73. The molecule has 0 fully saturated rings. The molecule has 5 nitrogen and oxygen atoms in total. The van der Waals surface area contributed by atoms with E-state index in [1.165, 1.54) is 0 Å². The molecule has 0 aromatic heterocycles. The molecule has 0 radical (unpaired) electrons. The Kier molecular flexibility index (Phi) is 5.49. The maximum absolute atomic E-state index is 11.1. The second-order valence-electron chi connectivity index (χ2n) is 4.09. The highest BCUT2D eigenvalue weighted by Gasteiger charge is 2.16. The molecule has 0 aromatic rings. The Morgan fingerprint density at radius 2 is 2.00 bits per heavy atom. The van der Waals surface area contributed by atoms with E-state index >= 15 is 0 Å². The standard InChI is InChI=1S/C9H20N2O3/c1-9(2,3)14-8(13)11-6-7(12)5-10-4/h7,10,12H,5-6H2,1-4H3,(H,11,13)/t7-/m1/s1. The number of hydrogen-bond acceptors (Lipinski definition) is 4. The van der Waals surface area contributed by atoms with E-state index in [0.29, 0.717) is 6.54 Å². The summed E-state index contributed by atoms with van der Waals surface area (Å²) in [5.74, 6) is 0. The fourth-order valence-electron chi connectivity index (χ4n) is 0.823. The van der Waals surface area contributed by atoms with Crippen molar-refractivity contribution in [2.75, 3.05) is 20.1 Å². The number of ether oxygens (including phenoxy) is 1. The Hall–Kier alpha value is -0.810. The highest BCUT2D eigenvalue weighted by molar-refractivity contribution is 5.67. The van der Waals surface area contributed by atoms with Gasteiger partial charge in [0.2, 0.25) is 0 Å². The summed E-state index contributed by atoms with van der Waals surface area (Å²) in [5.41, 5.74) is -0.502. The Labute approximate surface area is 84.8 Å². The van der Waals surface area contributed by atoms with E-state index in [4.69, 9.17) is 4.74 Å². The summed E-state index contributed by atoms with van der Waals surface area (Å²) in [6, 6.07) is 0. The van der Waals surface area contributed by atoms with Gasteiger partial charge in [0.15, 0.2) is 0 Å². The molecular weight excluding hydrogens is 184 g/mol. The zero-order valence-electron chi connectivity index (χ0n) is 9.26. The molecule has 0 aromatic carbocycles. The average molecular weight is 204 g/mol. The van der Waals surface area contributed by atoms with Crippen LogP contribution in [0, 0.1) is 0 Å². The molecule has 5 heteroatoms. The van der Waals surface area contributed by atoms with E-state index in [-0.39, 0.29) is 6.54 Å². The van der Waals surface area contributed by atoms with Crippen LogP contribution in [-0.4, -0.2) is 43.0 Å². The molecule has 0 aliphatic carbocycles. The van der Waals surface area contributed by atoms with Crippen LogP contribution in [0.4, 0.5) is 4.79 Å². The molecule has 3 N–H and O–H groups in total. The molecule has 84 valence electrons. The number of nitrogens with one attached hydrogen (secondary N) is 2. The lowest BCUT2D eigenvalue weighted by Crippen LogP contribution is -2.39. The molecule has 1 amide bonds. The zero-order valence-corrected chi connectivity index (χ0v) is 9.26. The lowest BCUT2D eigenvalue weighted by atomic mass is 10.2. The minimum atomic E-state index is -0.590. The molecule has 0 aliphatic rings. The Morgan fingerprint density at radius 1 is 1.43 bits per heavy atom. The number of carbonyl (C=O) groups excluding carboxylic acids is 1. The summed E-state index contributed by atoms with van der Waals surface area (Å²) in [4.78, 5) is 11.1.